The van der Waals surface area contributed by atoms with Crippen molar-refractivity contribution in [3.8, 4) is 11.4 Å². The normalized spacial score (nSPS) is 27.3. The van der Waals surface area contributed by atoms with Crippen LogP contribution in [0.4, 0.5) is 13.2 Å². The van der Waals surface area contributed by atoms with Crippen LogP contribution in [0.25, 0.3) is 11.4 Å². The fraction of sp³-hybridized carbons (Fsp3) is 0.500. The number of halogens is 3. The first-order valence-corrected chi connectivity index (χ1v) is 7.72. The molecule has 7 heteroatoms. The van der Waals surface area contributed by atoms with E-state index in [-0.39, 0.29) is 11.2 Å². The molecule has 1 aromatic heterocycles. The van der Waals surface area contributed by atoms with E-state index < -0.39 is 11.7 Å². The molecule has 1 saturated carbocycles. The Balaban J connectivity index is 1.69. The molecule has 4 rings (SSSR count). The number of nitrogens with zero attached hydrogens (tertiary/aromatic N) is 2. The lowest BCUT2D eigenvalue weighted by Crippen LogP contribution is -2.31. The maximum absolute atomic E-state index is 12.8. The van der Waals surface area contributed by atoms with Gasteiger partial charge in [0.2, 0.25) is 11.7 Å². The van der Waals surface area contributed by atoms with E-state index in [9.17, 15) is 13.2 Å². The molecule has 1 saturated heterocycles. The van der Waals surface area contributed by atoms with E-state index in [1.165, 1.54) is 6.07 Å². The molecule has 1 aromatic carbocycles. The van der Waals surface area contributed by atoms with Crippen LogP contribution in [0.5, 0.6) is 0 Å². The highest BCUT2D eigenvalue weighted by Gasteiger charge is 2.51. The highest BCUT2D eigenvalue weighted by atomic mass is 19.4. The van der Waals surface area contributed by atoms with E-state index in [0.29, 0.717) is 17.4 Å². The van der Waals surface area contributed by atoms with E-state index in [2.05, 4.69) is 15.5 Å². The fourth-order valence-corrected chi connectivity index (χ4v) is 3.88. The van der Waals surface area contributed by atoms with E-state index in [0.717, 1.165) is 44.5 Å². The molecule has 2 aromatic rings. The summed E-state index contributed by atoms with van der Waals surface area (Å²) >= 11 is 0. The third-order valence-corrected chi connectivity index (χ3v) is 5.09. The second-order valence-electron chi connectivity index (χ2n) is 6.38. The molecule has 1 N–H and O–H groups in total. The average molecular weight is 323 g/mol. The van der Waals surface area contributed by atoms with Crippen molar-refractivity contribution >= 4 is 0 Å². The summed E-state index contributed by atoms with van der Waals surface area (Å²) in [5, 5.41) is 7.29. The number of alkyl halides is 3. The predicted octanol–water partition coefficient (Wildman–Crippen LogP) is 3.40. The first-order valence-electron chi connectivity index (χ1n) is 7.72. The van der Waals surface area contributed by atoms with Crippen molar-refractivity contribution in [3.63, 3.8) is 0 Å². The molecule has 0 radical (unpaired) electrons. The lowest BCUT2D eigenvalue weighted by molar-refractivity contribution is -0.137. The van der Waals surface area contributed by atoms with Crippen molar-refractivity contribution in [1.82, 2.24) is 15.5 Å². The molecule has 2 atom stereocenters. The van der Waals surface area contributed by atoms with Gasteiger partial charge in [0.05, 0.1) is 11.0 Å². The molecule has 0 amide bonds. The third kappa shape index (κ3) is 2.34. The molecule has 122 valence electrons. The van der Waals surface area contributed by atoms with Gasteiger partial charge in [-0.05, 0) is 37.4 Å². The van der Waals surface area contributed by atoms with E-state index in [1.54, 1.807) is 6.07 Å². The Morgan fingerprint density at radius 3 is 3.00 bits per heavy atom. The molecule has 1 aliphatic heterocycles. The second-order valence-corrected chi connectivity index (χ2v) is 6.38. The van der Waals surface area contributed by atoms with E-state index >= 15 is 0 Å². The zero-order valence-corrected chi connectivity index (χ0v) is 12.4. The molecular formula is C16H16F3N3O. The van der Waals surface area contributed by atoms with Gasteiger partial charge in [0, 0.05) is 12.1 Å². The Hall–Kier alpha value is -1.89. The third-order valence-electron chi connectivity index (χ3n) is 5.09. The van der Waals surface area contributed by atoms with Crippen LogP contribution in [0.3, 0.4) is 0 Å². The van der Waals surface area contributed by atoms with Gasteiger partial charge in [-0.3, -0.25) is 0 Å². The Labute approximate surface area is 131 Å². The van der Waals surface area contributed by atoms with Gasteiger partial charge in [0.1, 0.15) is 0 Å². The maximum Gasteiger partial charge on any atom is 0.416 e. The number of benzene rings is 1. The van der Waals surface area contributed by atoms with Gasteiger partial charge in [-0.2, -0.15) is 18.2 Å². The number of fused-ring (bicyclic) bond motifs is 1. The topological polar surface area (TPSA) is 51.0 Å². The zero-order chi connectivity index (χ0) is 16.1. The van der Waals surface area contributed by atoms with Crippen molar-refractivity contribution in [2.45, 2.75) is 30.9 Å². The summed E-state index contributed by atoms with van der Waals surface area (Å²) in [6.07, 6.45) is -1.16. The molecule has 23 heavy (non-hydrogen) atoms. The Morgan fingerprint density at radius 1 is 1.30 bits per heavy atom. The lowest BCUT2D eigenvalue weighted by atomic mass is 9.80. The van der Waals surface area contributed by atoms with Crippen LogP contribution >= 0.6 is 0 Å². The molecule has 0 spiro atoms. The summed E-state index contributed by atoms with van der Waals surface area (Å²) in [4.78, 5) is 4.43. The summed E-state index contributed by atoms with van der Waals surface area (Å²) in [6, 6.07) is 5.03. The Bertz CT molecular complexity index is 715. The number of hydrogen-bond acceptors (Lipinski definition) is 4. The quantitative estimate of drug-likeness (QED) is 0.920. The van der Waals surface area contributed by atoms with Crippen LogP contribution in [-0.4, -0.2) is 23.2 Å². The Morgan fingerprint density at radius 2 is 2.17 bits per heavy atom. The summed E-state index contributed by atoms with van der Waals surface area (Å²) in [6.45, 7) is 1.73. The van der Waals surface area contributed by atoms with E-state index in [1.807, 2.05) is 0 Å². The van der Waals surface area contributed by atoms with Crippen LogP contribution in [-0.2, 0) is 11.6 Å². The predicted molar refractivity (Wildman–Crippen MR) is 76.6 cm³/mol. The number of hydrogen-bond donors (Lipinski definition) is 1. The van der Waals surface area contributed by atoms with Crippen molar-refractivity contribution in [2.24, 2.45) is 5.92 Å². The van der Waals surface area contributed by atoms with Crippen LogP contribution < -0.4 is 5.32 Å². The number of rotatable bonds is 2. The second kappa shape index (κ2) is 5.06. The maximum atomic E-state index is 12.8. The van der Waals surface area contributed by atoms with Gasteiger partial charge in [-0.15, -0.1) is 0 Å². The van der Waals surface area contributed by atoms with Gasteiger partial charge < -0.3 is 9.84 Å². The molecule has 2 heterocycles. The number of aromatic nitrogens is 2. The minimum atomic E-state index is -4.38. The first kappa shape index (κ1) is 14.7. The molecule has 0 unspecified atom stereocenters. The zero-order valence-electron chi connectivity index (χ0n) is 12.4. The highest BCUT2D eigenvalue weighted by molar-refractivity contribution is 5.56. The van der Waals surface area contributed by atoms with Gasteiger partial charge in [-0.25, -0.2) is 0 Å². The molecule has 1 aliphatic carbocycles. The molecule has 4 nitrogen and oxygen atoms in total. The van der Waals surface area contributed by atoms with Crippen LogP contribution in [0.1, 0.15) is 30.7 Å². The van der Waals surface area contributed by atoms with Gasteiger partial charge >= 0.3 is 6.18 Å². The summed E-state index contributed by atoms with van der Waals surface area (Å²) in [5.41, 5.74) is -0.528. The molecule has 2 aliphatic rings. The lowest BCUT2D eigenvalue weighted by Gasteiger charge is -2.22. The smallest absolute Gasteiger partial charge is 0.338 e. The van der Waals surface area contributed by atoms with Crippen molar-refractivity contribution in [1.29, 1.82) is 0 Å². The molecular weight excluding hydrogens is 307 g/mol. The highest BCUT2D eigenvalue weighted by Crippen LogP contribution is 2.47. The molecule has 2 fully saturated rings. The minimum Gasteiger partial charge on any atom is -0.338 e. The first-order chi connectivity index (χ1) is 11.0. The summed E-state index contributed by atoms with van der Waals surface area (Å²) < 4.78 is 44.0. The van der Waals surface area contributed by atoms with Crippen LogP contribution in [0, 0.1) is 5.92 Å². The van der Waals surface area contributed by atoms with Gasteiger partial charge in [0.25, 0.3) is 0 Å². The summed E-state index contributed by atoms with van der Waals surface area (Å²) in [5.74, 6) is 1.24. The van der Waals surface area contributed by atoms with E-state index in [4.69, 9.17) is 4.52 Å². The van der Waals surface area contributed by atoms with Crippen molar-refractivity contribution < 1.29 is 17.7 Å². The Kier molecular flexibility index (Phi) is 3.23. The minimum absolute atomic E-state index is 0.146. The van der Waals surface area contributed by atoms with Gasteiger partial charge in [-0.1, -0.05) is 23.7 Å². The van der Waals surface area contributed by atoms with Gasteiger partial charge in [0.15, 0.2) is 0 Å². The van der Waals surface area contributed by atoms with Crippen molar-refractivity contribution in [3.05, 3.63) is 35.7 Å². The monoisotopic (exact) mass is 323 g/mol. The van der Waals surface area contributed by atoms with Crippen molar-refractivity contribution in [2.75, 3.05) is 13.1 Å². The van der Waals surface area contributed by atoms with Crippen LogP contribution in [0.2, 0.25) is 0 Å². The largest absolute Gasteiger partial charge is 0.416 e. The summed E-state index contributed by atoms with van der Waals surface area (Å²) in [7, 11) is 0. The standard InChI is InChI=1S/C16H16F3N3O/c17-16(18,19)11-4-1-3-10(7-11)13-21-14(23-22-13)15-6-2-5-12(15)8-20-9-15/h1,3-4,7,12,20H,2,5-6,8-9H2/t12-,15-/m1/s1. The molecule has 0 bridgehead atoms. The number of nitrogens with one attached hydrogen (secondary N) is 1. The van der Waals surface area contributed by atoms with Crippen LogP contribution in [0.15, 0.2) is 28.8 Å². The fourth-order valence-electron chi connectivity index (χ4n) is 3.88. The SMILES string of the molecule is FC(F)(F)c1cccc(-c2noc([C@@]34CCC[C@@H]3CNC4)n2)c1. The average Bonchev–Trinajstić information content (AvgIpc) is 3.21.